The number of hydrogen-bond acceptors (Lipinski definition) is 2. The number of para-hydroxylation sites is 1. The summed E-state index contributed by atoms with van der Waals surface area (Å²) in [5.41, 5.74) is 1.90. The Kier molecular flexibility index (Phi) is 16.2. The van der Waals surface area contributed by atoms with Crippen LogP contribution in [0.5, 0.6) is 5.75 Å². The van der Waals surface area contributed by atoms with Crippen LogP contribution >= 0.6 is 0 Å². The lowest BCUT2D eigenvalue weighted by atomic mass is 9.86. The van der Waals surface area contributed by atoms with E-state index in [-0.39, 0.29) is 6.42 Å². The molecule has 0 aliphatic heterocycles. The van der Waals surface area contributed by atoms with Gasteiger partial charge in [0.1, 0.15) is 5.75 Å². The van der Waals surface area contributed by atoms with Crippen molar-refractivity contribution in [3.63, 3.8) is 0 Å². The molecule has 0 spiro atoms. The second-order valence-corrected chi connectivity index (χ2v) is 7.70. The fourth-order valence-corrected chi connectivity index (χ4v) is 3.99. The van der Waals surface area contributed by atoms with Gasteiger partial charge in [-0.1, -0.05) is 71.4 Å². The number of aryl methyl sites for hydroxylation is 1. The van der Waals surface area contributed by atoms with Gasteiger partial charge in [0.25, 0.3) is 0 Å². The monoisotopic (exact) mass is 428 g/mol. The van der Waals surface area contributed by atoms with Crippen LogP contribution in [0, 0.1) is 23.7 Å². The Morgan fingerprint density at radius 1 is 1.23 bits per heavy atom. The van der Waals surface area contributed by atoms with E-state index in [9.17, 15) is 9.90 Å². The van der Waals surface area contributed by atoms with Gasteiger partial charge in [0, 0.05) is 12.8 Å². The van der Waals surface area contributed by atoms with Crippen LogP contribution in [0.1, 0.15) is 104 Å². The van der Waals surface area contributed by atoms with Crippen LogP contribution < -0.4 is 0 Å². The summed E-state index contributed by atoms with van der Waals surface area (Å²) >= 11 is 0. The molecule has 1 saturated carbocycles. The van der Waals surface area contributed by atoms with Gasteiger partial charge in [-0.3, -0.25) is 4.79 Å². The molecule has 0 amide bonds. The number of phenols is 1. The number of carboxylic acid groups (broad SMARTS) is 1. The first-order chi connectivity index (χ1) is 15.0. The van der Waals surface area contributed by atoms with Crippen molar-refractivity contribution in [1.82, 2.24) is 0 Å². The summed E-state index contributed by atoms with van der Waals surface area (Å²) in [7, 11) is 0. The summed E-state index contributed by atoms with van der Waals surface area (Å²) in [6, 6.07) is 5.94. The molecule has 0 heterocycles. The van der Waals surface area contributed by atoms with Crippen LogP contribution in [0.25, 0.3) is 0 Å². The van der Waals surface area contributed by atoms with Crippen molar-refractivity contribution in [2.45, 2.75) is 98.8 Å². The fraction of sp³-hybridized carbons (Fsp3) is 0.607. The molecule has 1 aliphatic carbocycles. The summed E-state index contributed by atoms with van der Waals surface area (Å²) in [4.78, 5) is 10.7. The molecule has 3 atom stereocenters. The molecule has 0 aromatic heterocycles. The number of aliphatic carboxylic acids is 1. The largest absolute Gasteiger partial charge is 0.507 e. The molecule has 1 fully saturated rings. The molecule has 1 aliphatic rings. The van der Waals surface area contributed by atoms with E-state index >= 15 is 0 Å². The number of rotatable bonds is 9. The second-order valence-electron chi connectivity index (χ2n) is 7.70. The zero-order valence-corrected chi connectivity index (χ0v) is 20.6. The SMILES string of the molecule is CC.CC.CC#CCC(C)C/C=C/C1CCC[C@@H]1c1cccc(CCCC(=O)O)c1O. The van der Waals surface area contributed by atoms with Crippen LogP contribution in [0.4, 0.5) is 0 Å². The van der Waals surface area contributed by atoms with Gasteiger partial charge in [-0.15, -0.1) is 11.8 Å². The van der Waals surface area contributed by atoms with Crippen molar-refractivity contribution in [1.29, 1.82) is 0 Å². The van der Waals surface area contributed by atoms with E-state index in [1.807, 2.05) is 52.8 Å². The first-order valence-electron chi connectivity index (χ1n) is 12.1. The standard InChI is InChI=1S/C24H32O3.2C2H6/c1-3-4-9-18(2)10-5-11-19-12-6-15-21(19)22-16-7-13-20(24(22)27)14-8-17-23(25)26;2*1-2/h5,7,11,13,16,18-19,21,27H,6,8-10,12,14-15,17H2,1-2H3,(H,25,26);2*1-2H3/b11-5+;;/t18?,19?,21-;;/m0../s1. The van der Waals surface area contributed by atoms with Gasteiger partial charge in [-0.05, 0) is 67.9 Å². The molecule has 1 aromatic rings. The molecule has 0 radical (unpaired) electrons. The molecule has 3 heteroatoms. The first kappa shape index (κ1) is 28.8. The van der Waals surface area contributed by atoms with Crippen molar-refractivity contribution in [3.8, 4) is 17.6 Å². The van der Waals surface area contributed by atoms with Crippen LogP contribution in [-0.2, 0) is 11.2 Å². The minimum atomic E-state index is -0.786. The van der Waals surface area contributed by atoms with Crippen molar-refractivity contribution < 1.29 is 15.0 Å². The van der Waals surface area contributed by atoms with Crippen molar-refractivity contribution >= 4 is 5.97 Å². The average Bonchev–Trinajstić information content (AvgIpc) is 3.24. The molecule has 3 nitrogen and oxygen atoms in total. The maximum absolute atomic E-state index is 10.8. The lowest BCUT2D eigenvalue weighted by Gasteiger charge is -2.20. The number of allylic oxidation sites excluding steroid dienone is 2. The van der Waals surface area contributed by atoms with E-state index in [1.54, 1.807) is 0 Å². The van der Waals surface area contributed by atoms with Crippen LogP contribution in [0.2, 0.25) is 0 Å². The number of aromatic hydroxyl groups is 1. The van der Waals surface area contributed by atoms with Gasteiger partial charge in [0.05, 0.1) is 0 Å². The highest BCUT2D eigenvalue weighted by atomic mass is 16.4. The summed E-state index contributed by atoms with van der Waals surface area (Å²) < 4.78 is 0. The van der Waals surface area contributed by atoms with Crippen LogP contribution in [0.15, 0.2) is 30.4 Å². The Bertz CT molecular complexity index is 709. The van der Waals surface area contributed by atoms with E-state index in [1.165, 1.54) is 6.42 Å². The Labute approximate surface area is 191 Å². The molecule has 2 unspecified atom stereocenters. The normalized spacial score (nSPS) is 18.1. The van der Waals surface area contributed by atoms with Crippen LogP contribution in [0.3, 0.4) is 0 Å². The number of benzene rings is 1. The second kappa shape index (κ2) is 17.5. The zero-order chi connectivity index (χ0) is 23.6. The predicted octanol–water partition coefficient (Wildman–Crippen LogP) is 7.73. The van der Waals surface area contributed by atoms with E-state index < -0.39 is 5.97 Å². The van der Waals surface area contributed by atoms with Crippen molar-refractivity contribution in [3.05, 3.63) is 41.5 Å². The third kappa shape index (κ3) is 10.6. The molecular formula is C28H44O3. The van der Waals surface area contributed by atoms with E-state index in [4.69, 9.17) is 5.11 Å². The minimum absolute atomic E-state index is 0.138. The Hall–Kier alpha value is -2.21. The topological polar surface area (TPSA) is 57.5 Å². The molecular weight excluding hydrogens is 384 g/mol. The lowest BCUT2D eigenvalue weighted by molar-refractivity contribution is -0.137. The molecule has 2 N–H and O–H groups in total. The van der Waals surface area contributed by atoms with E-state index in [0.717, 1.165) is 36.8 Å². The highest BCUT2D eigenvalue weighted by molar-refractivity contribution is 5.66. The van der Waals surface area contributed by atoms with Crippen LogP contribution in [-0.4, -0.2) is 16.2 Å². The highest BCUT2D eigenvalue weighted by Gasteiger charge is 2.29. The van der Waals surface area contributed by atoms with Gasteiger partial charge in [0.2, 0.25) is 0 Å². The Balaban J connectivity index is 0.00000212. The Morgan fingerprint density at radius 2 is 1.94 bits per heavy atom. The van der Waals surface area contributed by atoms with Crippen molar-refractivity contribution in [2.75, 3.05) is 0 Å². The summed E-state index contributed by atoms with van der Waals surface area (Å²) in [6.07, 6.45) is 11.3. The first-order valence-corrected chi connectivity index (χ1v) is 12.1. The van der Waals surface area contributed by atoms with Gasteiger partial charge in [-0.2, -0.15) is 0 Å². The molecule has 174 valence electrons. The van der Waals surface area contributed by atoms with Gasteiger partial charge in [0.15, 0.2) is 0 Å². The molecule has 0 bridgehead atoms. The van der Waals surface area contributed by atoms with Crippen molar-refractivity contribution in [2.24, 2.45) is 11.8 Å². The molecule has 2 rings (SSSR count). The molecule has 1 aromatic carbocycles. The van der Waals surface area contributed by atoms with E-state index in [2.05, 4.69) is 30.9 Å². The van der Waals surface area contributed by atoms with Gasteiger partial charge >= 0.3 is 5.97 Å². The third-order valence-corrected chi connectivity index (χ3v) is 5.51. The molecule has 0 saturated heterocycles. The minimum Gasteiger partial charge on any atom is -0.507 e. The maximum atomic E-state index is 10.8. The number of phenolic OH excluding ortho intramolecular Hbond substituents is 1. The van der Waals surface area contributed by atoms with Gasteiger partial charge in [-0.25, -0.2) is 0 Å². The van der Waals surface area contributed by atoms with E-state index in [0.29, 0.717) is 36.3 Å². The zero-order valence-electron chi connectivity index (χ0n) is 20.6. The predicted molar refractivity (Wildman–Crippen MR) is 132 cm³/mol. The average molecular weight is 429 g/mol. The summed E-state index contributed by atoms with van der Waals surface area (Å²) in [6.45, 7) is 12.1. The number of carbonyl (C=O) groups is 1. The highest BCUT2D eigenvalue weighted by Crippen LogP contribution is 2.44. The fourth-order valence-electron chi connectivity index (χ4n) is 3.99. The Morgan fingerprint density at radius 3 is 2.58 bits per heavy atom. The third-order valence-electron chi connectivity index (χ3n) is 5.51. The number of carboxylic acids is 1. The number of hydrogen-bond donors (Lipinski definition) is 2. The summed E-state index contributed by atoms with van der Waals surface area (Å²) in [5.74, 6) is 7.08. The van der Waals surface area contributed by atoms with Gasteiger partial charge < -0.3 is 10.2 Å². The maximum Gasteiger partial charge on any atom is 0.303 e. The quantitative estimate of drug-likeness (QED) is 0.312. The smallest absolute Gasteiger partial charge is 0.303 e. The molecule has 31 heavy (non-hydrogen) atoms. The summed E-state index contributed by atoms with van der Waals surface area (Å²) in [5, 5.41) is 19.6. The lowest BCUT2D eigenvalue weighted by Crippen LogP contribution is -2.05.